The Balaban J connectivity index is 1.38. The number of benzene rings is 1. The second-order valence-electron chi connectivity index (χ2n) is 8.31. The molecule has 1 saturated carbocycles. The summed E-state index contributed by atoms with van der Waals surface area (Å²) in [7, 11) is 1.60. The number of nitrogens with one attached hydrogen (secondary N) is 1. The van der Waals surface area contributed by atoms with Crippen molar-refractivity contribution in [2.75, 3.05) is 32.1 Å². The average Bonchev–Trinajstić information content (AvgIpc) is 3.49. The van der Waals surface area contributed by atoms with E-state index in [1.54, 1.807) is 36.3 Å². The molecule has 2 unspecified atom stereocenters. The van der Waals surface area contributed by atoms with Gasteiger partial charge in [0, 0.05) is 31.2 Å². The van der Waals surface area contributed by atoms with Crippen LogP contribution in [0.4, 0.5) is 5.69 Å². The predicted octanol–water partition coefficient (Wildman–Crippen LogP) is 2.27. The molecule has 2 heterocycles. The van der Waals surface area contributed by atoms with Crippen molar-refractivity contribution in [2.45, 2.75) is 44.6 Å². The number of methoxy groups -OCH3 is 1. The van der Waals surface area contributed by atoms with Crippen LogP contribution in [0.1, 0.15) is 38.5 Å². The molecule has 29 heavy (non-hydrogen) atoms. The molecule has 1 aromatic carbocycles. The predicted molar refractivity (Wildman–Crippen MR) is 108 cm³/mol. The molecule has 1 aromatic rings. The number of amides is 3. The summed E-state index contributed by atoms with van der Waals surface area (Å²) in [5.41, 5.74) is 0.689. The van der Waals surface area contributed by atoms with Crippen LogP contribution < -0.4 is 10.1 Å². The van der Waals surface area contributed by atoms with Crippen LogP contribution >= 0.6 is 0 Å². The van der Waals surface area contributed by atoms with Gasteiger partial charge in [0.1, 0.15) is 11.8 Å². The molecule has 3 amide bonds. The van der Waals surface area contributed by atoms with Gasteiger partial charge in [-0.15, -0.1) is 0 Å². The van der Waals surface area contributed by atoms with E-state index in [0.717, 1.165) is 44.4 Å². The van der Waals surface area contributed by atoms with Crippen molar-refractivity contribution >= 4 is 23.4 Å². The summed E-state index contributed by atoms with van der Waals surface area (Å²) in [6.07, 6.45) is 5.10. The number of likely N-dealkylation sites (tertiary alicyclic amines) is 2. The summed E-state index contributed by atoms with van der Waals surface area (Å²) in [5.74, 6) is 0.786. The van der Waals surface area contributed by atoms with Gasteiger partial charge in [0.25, 0.3) is 0 Å². The number of hydrogen-bond acceptors (Lipinski definition) is 4. The van der Waals surface area contributed by atoms with Crippen LogP contribution in [-0.2, 0) is 14.4 Å². The number of anilines is 1. The van der Waals surface area contributed by atoms with Gasteiger partial charge in [-0.3, -0.25) is 14.4 Å². The molecule has 2 aliphatic heterocycles. The summed E-state index contributed by atoms with van der Waals surface area (Å²) in [6.45, 7) is 1.85. The number of carbonyl (C=O) groups is 3. The monoisotopic (exact) mass is 399 g/mol. The maximum atomic E-state index is 13.2. The minimum absolute atomic E-state index is 0.0191. The van der Waals surface area contributed by atoms with Crippen LogP contribution in [0.15, 0.2) is 24.3 Å². The molecule has 156 valence electrons. The van der Waals surface area contributed by atoms with Crippen LogP contribution in [0.2, 0.25) is 0 Å². The van der Waals surface area contributed by atoms with Gasteiger partial charge in [0.2, 0.25) is 17.7 Å². The number of ether oxygens (including phenoxy) is 1. The Labute approximate surface area is 171 Å². The Morgan fingerprint density at radius 3 is 2.34 bits per heavy atom. The molecule has 0 spiro atoms. The average molecular weight is 399 g/mol. The molecular formula is C22H29N3O4. The van der Waals surface area contributed by atoms with Crippen LogP contribution in [-0.4, -0.2) is 60.3 Å². The molecule has 3 aliphatic rings. The first-order chi connectivity index (χ1) is 14.1. The van der Waals surface area contributed by atoms with Gasteiger partial charge < -0.3 is 19.9 Å². The normalized spacial score (nSPS) is 24.3. The van der Waals surface area contributed by atoms with Gasteiger partial charge in [-0.1, -0.05) is 0 Å². The molecule has 2 saturated heterocycles. The van der Waals surface area contributed by atoms with Crippen molar-refractivity contribution in [3.63, 3.8) is 0 Å². The Bertz CT molecular complexity index is 775. The fourth-order valence-electron chi connectivity index (χ4n) is 4.40. The number of nitrogens with zero attached hydrogens (tertiary/aromatic N) is 2. The van der Waals surface area contributed by atoms with Gasteiger partial charge in [-0.05, 0) is 62.8 Å². The number of piperidine rings is 1. The summed E-state index contributed by atoms with van der Waals surface area (Å²) >= 11 is 0. The summed E-state index contributed by atoms with van der Waals surface area (Å²) in [4.78, 5) is 42.0. The standard InChI is InChI=1S/C22H29N3O4/c1-29-18-10-8-17(9-11-18)23-20(26)19-5-3-13-25(19)22(28)16-4-2-12-24(14-16)21(27)15-6-7-15/h8-11,15-16,19H,2-7,12-14H2,1H3,(H,23,26). The minimum atomic E-state index is -0.445. The van der Waals surface area contributed by atoms with Crippen molar-refractivity contribution in [3.05, 3.63) is 24.3 Å². The van der Waals surface area contributed by atoms with E-state index in [2.05, 4.69) is 5.32 Å². The molecule has 2 atom stereocenters. The van der Waals surface area contributed by atoms with E-state index in [1.165, 1.54) is 0 Å². The molecular weight excluding hydrogens is 370 g/mol. The van der Waals surface area contributed by atoms with E-state index in [4.69, 9.17) is 4.74 Å². The van der Waals surface area contributed by atoms with Crippen LogP contribution in [0.25, 0.3) is 0 Å². The smallest absolute Gasteiger partial charge is 0.247 e. The van der Waals surface area contributed by atoms with E-state index < -0.39 is 6.04 Å². The van der Waals surface area contributed by atoms with Gasteiger partial charge >= 0.3 is 0 Å². The molecule has 1 aliphatic carbocycles. The van der Waals surface area contributed by atoms with E-state index in [9.17, 15) is 14.4 Å². The number of rotatable bonds is 5. The van der Waals surface area contributed by atoms with Crippen molar-refractivity contribution in [1.29, 1.82) is 0 Å². The zero-order chi connectivity index (χ0) is 20.4. The molecule has 3 fully saturated rings. The molecule has 0 bridgehead atoms. The molecule has 7 nitrogen and oxygen atoms in total. The Hall–Kier alpha value is -2.57. The first-order valence-corrected chi connectivity index (χ1v) is 10.6. The SMILES string of the molecule is COc1ccc(NC(=O)C2CCCN2C(=O)C2CCCN(C(=O)C3CC3)C2)cc1. The number of hydrogen-bond donors (Lipinski definition) is 1. The van der Waals surface area contributed by atoms with Gasteiger partial charge in [0.15, 0.2) is 0 Å². The van der Waals surface area contributed by atoms with E-state index in [0.29, 0.717) is 25.2 Å². The Morgan fingerprint density at radius 2 is 1.66 bits per heavy atom. The Kier molecular flexibility index (Phi) is 5.74. The third-order valence-electron chi connectivity index (χ3n) is 6.20. The first-order valence-electron chi connectivity index (χ1n) is 10.6. The second-order valence-corrected chi connectivity index (χ2v) is 8.31. The zero-order valence-corrected chi connectivity index (χ0v) is 16.9. The first kappa shape index (κ1) is 19.7. The van der Waals surface area contributed by atoms with Gasteiger partial charge in [-0.25, -0.2) is 0 Å². The Morgan fingerprint density at radius 1 is 0.931 bits per heavy atom. The third-order valence-corrected chi connectivity index (χ3v) is 6.20. The topological polar surface area (TPSA) is 79.0 Å². The second kappa shape index (κ2) is 8.43. The van der Waals surface area contributed by atoms with Crippen molar-refractivity contribution in [3.8, 4) is 5.75 Å². The number of carbonyl (C=O) groups excluding carboxylic acids is 3. The highest BCUT2D eigenvalue weighted by molar-refractivity contribution is 5.98. The highest BCUT2D eigenvalue weighted by Crippen LogP contribution is 2.33. The van der Waals surface area contributed by atoms with Gasteiger partial charge in [-0.2, -0.15) is 0 Å². The lowest BCUT2D eigenvalue weighted by atomic mass is 9.95. The highest BCUT2D eigenvalue weighted by atomic mass is 16.5. The lowest BCUT2D eigenvalue weighted by Crippen LogP contribution is -2.50. The summed E-state index contributed by atoms with van der Waals surface area (Å²) in [6, 6.07) is 6.72. The zero-order valence-electron chi connectivity index (χ0n) is 16.9. The quantitative estimate of drug-likeness (QED) is 0.824. The van der Waals surface area contributed by atoms with Crippen LogP contribution in [0, 0.1) is 11.8 Å². The third kappa shape index (κ3) is 4.38. The fourth-order valence-corrected chi connectivity index (χ4v) is 4.40. The van der Waals surface area contributed by atoms with Crippen molar-refractivity contribution < 1.29 is 19.1 Å². The fraction of sp³-hybridized carbons (Fsp3) is 0.591. The van der Waals surface area contributed by atoms with Gasteiger partial charge in [0.05, 0.1) is 13.0 Å². The molecule has 1 N–H and O–H groups in total. The van der Waals surface area contributed by atoms with E-state index in [-0.39, 0.29) is 29.6 Å². The van der Waals surface area contributed by atoms with E-state index >= 15 is 0 Å². The largest absolute Gasteiger partial charge is 0.497 e. The summed E-state index contributed by atoms with van der Waals surface area (Å²) in [5, 5.41) is 2.92. The van der Waals surface area contributed by atoms with E-state index in [1.807, 2.05) is 4.90 Å². The lowest BCUT2D eigenvalue weighted by Gasteiger charge is -2.35. The van der Waals surface area contributed by atoms with Crippen molar-refractivity contribution in [1.82, 2.24) is 9.80 Å². The van der Waals surface area contributed by atoms with Crippen molar-refractivity contribution in [2.24, 2.45) is 11.8 Å². The molecule has 0 aromatic heterocycles. The maximum Gasteiger partial charge on any atom is 0.247 e. The summed E-state index contributed by atoms with van der Waals surface area (Å²) < 4.78 is 5.14. The lowest BCUT2D eigenvalue weighted by molar-refractivity contribution is -0.144. The molecule has 4 rings (SSSR count). The van der Waals surface area contributed by atoms with Crippen LogP contribution in [0.5, 0.6) is 5.75 Å². The van der Waals surface area contributed by atoms with Crippen LogP contribution in [0.3, 0.4) is 0 Å². The molecule has 0 radical (unpaired) electrons. The maximum absolute atomic E-state index is 13.2. The highest BCUT2D eigenvalue weighted by Gasteiger charge is 2.41. The molecule has 7 heteroatoms. The minimum Gasteiger partial charge on any atom is -0.497 e.